The van der Waals surface area contributed by atoms with E-state index in [9.17, 15) is 4.79 Å². The van der Waals surface area contributed by atoms with Gasteiger partial charge in [0.2, 0.25) is 0 Å². The number of halogens is 2. The Hall–Kier alpha value is -1.71. The molecule has 1 atom stereocenters. The lowest BCUT2D eigenvalue weighted by Crippen LogP contribution is -2.43. The Balaban J connectivity index is 0.00000160. The van der Waals surface area contributed by atoms with Gasteiger partial charge in [0.05, 0.1) is 31.5 Å². The summed E-state index contributed by atoms with van der Waals surface area (Å²) < 4.78 is 7.33. The van der Waals surface area contributed by atoms with Crippen LogP contribution in [0.4, 0.5) is 0 Å². The third kappa shape index (κ3) is 6.15. The van der Waals surface area contributed by atoms with E-state index >= 15 is 0 Å². The molecule has 0 aliphatic carbocycles. The zero-order valence-corrected chi connectivity index (χ0v) is 18.5. The Bertz CT molecular complexity index is 764. The van der Waals surface area contributed by atoms with Gasteiger partial charge in [-0.05, 0) is 31.5 Å². The van der Waals surface area contributed by atoms with Crippen molar-refractivity contribution in [3.05, 3.63) is 47.8 Å². The molecule has 1 unspecified atom stereocenters. The van der Waals surface area contributed by atoms with Crippen molar-refractivity contribution in [2.75, 3.05) is 45.9 Å². The van der Waals surface area contributed by atoms with Crippen LogP contribution in [0.1, 0.15) is 41.0 Å². The first-order chi connectivity index (χ1) is 13.8. The number of amides is 1. The summed E-state index contributed by atoms with van der Waals surface area (Å²) in [6.07, 6.45) is 3.80. The van der Waals surface area contributed by atoms with Crippen LogP contribution in [0.15, 0.2) is 36.5 Å². The van der Waals surface area contributed by atoms with E-state index in [-0.39, 0.29) is 36.8 Å². The highest BCUT2D eigenvalue weighted by atomic mass is 35.5. The molecular weight excluding hydrogens is 427 g/mol. The maximum atomic E-state index is 12.7. The molecule has 2 fully saturated rings. The van der Waals surface area contributed by atoms with Crippen molar-refractivity contribution < 1.29 is 9.53 Å². The largest absolute Gasteiger partial charge is 0.379 e. The zero-order chi connectivity index (χ0) is 19.2. The molecule has 0 radical (unpaired) electrons. The number of benzene rings is 1. The van der Waals surface area contributed by atoms with Crippen LogP contribution in [-0.2, 0) is 4.74 Å². The maximum absolute atomic E-state index is 12.7. The summed E-state index contributed by atoms with van der Waals surface area (Å²) in [5.74, 6) is -0.172. The lowest BCUT2D eigenvalue weighted by atomic mass is 10.0. The highest BCUT2D eigenvalue weighted by Crippen LogP contribution is 2.21. The fourth-order valence-electron chi connectivity index (χ4n) is 3.93. The summed E-state index contributed by atoms with van der Waals surface area (Å²) in [5, 5.41) is 14.7. The standard InChI is InChI=1S/C20H28N6O2.2ClH/c27-20(18-15-26(24-23-18)17-6-8-21-9-7-17)22-14-19(16-4-2-1-3-5-16)25-10-12-28-13-11-25;;/h1-5,15,17,19,21H,6-14H2,(H,22,27);2*1H. The van der Waals surface area contributed by atoms with E-state index in [1.165, 1.54) is 5.56 Å². The zero-order valence-electron chi connectivity index (χ0n) is 16.9. The van der Waals surface area contributed by atoms with Gasteiger partial charge in [0, 0.05) is 19.6 Å². The third-order valence-electron chi connectivity index (χ3n) is 5.55. The van der Waals surface area contributed by atoms with Crippen molar-refractivity contribution >= 4 is 30.7 Å². The molecule has 2 aliphatic heterocycles. The average molecular weight is 457 g/mol. The quantitative estimate of drug-likeness (QED) is 0.689. The molecule has 10 heteroatoms. The van der Waals surface area contributed by atoms with Gasteiger partial charge in [0.1, 0.15) is 0 Å². The molecule has 8 nitrogen and oxygen atoms in total. The molecule has 166 valence electrons. The Morgan fingerprint density at radius 3 is 2.57 bits per heavy atom. The SMILES string of the molecule is Cl.Cl.O=C(NCC(c1ccccc1)N1CCOCC1)c1cn(C2CCNCC2)nn1. The normalized spacial score (nSPS) is 18.7. The van der Waals surface area contributed by atoms with E-state index in [4.69, 9.17) is 4.74 Å². The topological polar surface area (TPSA) is 84.3 Å². The Kier molecular flexibility index (Phi) is 10.0. The van der Waals surface area contributed by atoms with Crippen LogP contribution >= 0.6 is 24.8 Å². The fraction of sp³-hybridized carbons (Fsp3) is 0.550. The number of ether oxygens (including phenoxy) is 1. The Labute approximate surface area is 189 Å². The maximum Gasteiger partial charge on any atom is 0.273 e. The van der Waals surface area contributed by atoms with Crippen LogP contribution in [-0.4, -0.2) is 71.7 Å². The van der Waals surface area contributed by atoms with Crippen molar-refractivity contribution in [2.24, 2.45) is 0 Å². The van der Waals surface area contributed by atoms with Gasteiger partial charge >= 0.3 is 0 Å². The molecule has 2 saturated heterocycles. The van der Waals surface area contributed by atoms with Crippen molar-refractivity contribution in [3.63, 3.8) is 0 Å². The Morgan fingerprint density at radius 2 is 1.87 bits per heavy atom. The first-order valence-corrected chi connectivity index (χ1v) is 10.1. The van der Waals surface area contributed by atoms with Crippen LogP contribution in [0, 0.1) is 0 Å². The van der Waals surface area contributed by atoms with Gasteiger partial charge in [-0.25, -0.2) is 4.68 Å². The number of nitrogens with one attached hydrogen (secondary N) is 2. The van der Waals surface area contributed by atoms with E-state index in [0.717, 1.165) is 52.2 Å². The first-order valence-electron chi connectivity index (χ1n) is 10.1. The number of carbonyl (C=O) groups excluding carboxylic acids is 1. The number of morpholine rings is 1. The van der Waals surface area contributed by atoms with Crippen LogP contribution in [0.3, 0.4) is 0 Å². The van der Waals surface area contributed by atoms with Crippen molar-refractivity contribution in [3.8, 4) is 0 Å². The van der Waals surface area contributed by atoms with Gasteiger partial charge in [0.15, 0.2) is 5.69 Å². The predicted octanol–water partition coefficient (Wildman–Crippen LogP) is 1.85. The summed E-state index contributed by atoms with van der Waals surface area (Å²) >= 11 is 0. The van der Waals surface area contributed by atoms with Gasteiger partial charge < -0.3 is 15.4 Å². The number of aromatic nitrogens is 3. The molecule has 30 heavy (non-hydrogen) atoms. The third-order valence-corrected chi connectivity index (χ3v) is 5.55. The first kappa shape index (κ1) is 24.6. The van der Waals surface area contributed by atoms with Crippen molar-refractivity contribution in [2.45, 2.75) is 24.9 Å². The second-order valence-electron chi connectivity index (χ2n) is 7.35. The van der Waals surface area contributed by atoms with E-state index in [2.05, 4.69) is 38.0 Å². The minimum absolute atomic E-state index is 0. The van der Waals surface area contributed by atoms with Crippen LogP contribution in [0.5, 0.6) is 0 Å². The smallest absolute Gasteiger partial charge is 0.273 e. The molecule has 4 rings (SSSR count). The molecule has 3 heterocycles. The molecule has 1 aromatic heterocycles. The highest BCUT2D eigenvalue weighted by Gasteiger charge is 2.24. The van der Waals surface area contributed by atoms with E-state index in [0.29, 0.717) is 18.3 Å². The average Bonchev–Trinajstić information content (AvgIpc) is 3.26. The number of rotatable bonds is 6. The molecule has 1 amide bonds. The van der Waals surface area contributed by atoms with Crippen LogP contribution in [0.25, 0.3) is 0 Å². The number of carbonyl (C=O) groups is 1. The second kappa shape index (κ2) is 12.2. The number of piperidine rings is 1. The molecule has 2 N–H and O–H groups in total. The summed E-state index contributed by atoms with van der Waals surface area (Å²) in [4.78, 5) is 15.0. The Morgan fingerprint density at radius 1 is 1.17 bits per heavy atom. The second-order valence-corrected chi connectivity index (χ2v) is 7.35. The molecular formula is C20H30Cl2N6O2. The molecule has 1 aromatic carbocycles. The van der Waals surface area contributed by atoms with Gasteiger partial charge in [-0.2, -0.15) is 0 Å². The van der Waals surface area contributed by atoms with Crippen molar-refractivity contribution in [1.29, 1.82) is 0 Å². The van der Waals surface area contributed by atoms with Gasteiger partial charge in [-0.1, -0.05) is 35.5 Å². The molecule has 0 saturated carbocycles. The molecule has 2 aromatic rings. The lowest BCUT2D eigenvalue weighted by Gasteiger charge is -2.34. The highest BCUT2D eigenvalue weighted by molar-refractivity contribution is 5.91. The van der Waals surface area contributed by atoms with Gasteiger partial charge in [0.25, 0.3) is 5.91 Å². The minimum atomic E-state index is -0.172. The van der Waals surface area contributed by atoms with Crippen LogP contribution in [0.2, 0.25) is 0 Å². The molecule has 0 spiro atoms. The fourth-order valence-corrected chi connectivity index (χ4v) is 3.93. The van der Waals surface area contributed by atoms with Gasteiger partial charge in [-0.15, -0.1) is 29.9 Å². The summed E-state index contributed by atoms with van der Waals surface area (Å²) in [5.41, 5.74) is 1.58. The van der Waals surface area contributed by atoms with Crippen LogP contribution < -0.4 is 10.6 Å². The summed E-state index contributed by atoms with van der Waals surface area (Å²) in [7, 11) is 0. The molecule has 2 aliphatic rings. The summed E-state index contributed by atoms with van der Waals surface area (Å²) in [6.45, 7) is 5.66. The lowest BCUT2D eigenvalue weighted by molar-refractivity contribution is 0.0162. The van der Waals surface area contributed by atoms with Gasteiger partial charge in [-0.3, -0.25) is 9.69 Å². The number of hydrogen-bond donors (Lipinski definition) is 2. The minimum Gasteiger partial charge on any atom is -0.379 e. The van der Waals surface area contributed by atoms with E-state index in [1.807, 2.05) is 22.9 Å². The number of hydrogen-bond acceptors (Lipinski definition) is 6. The predicted molar refractivity (Wildman–Crippen MR) is 120 cm³/mol. The molecule has 0 bridgehead atoms. The van der Waals surface area contributed by atoms with Crippen molar-refractivity contribution in [1.82, 2.24) is 30.5 Å². The van der Waals surface area contributed by atoms with E-state index < -0.39 is 0 Å². The van der Waals surface area contributed by atoms with E-state index in [1.54, 1.807) is 6.20 Å². The monoisotopic (exact) mass is 456 g/mol. The summed E-state index contributed by atoms with van der Waals surface area (Å²) in [6, 6.07) is 10.7. The number of nitrogens with zero attached hydrogens (tertiary/aromatic N) is 4.